The highest BCUT2D eigenvalue weighted by atomic mass is 32.1. The molecule has 0 aliphatic heterocycles. The molecular formula is C11H16N4S. The SMILES string of the molecule is CCNC(=S)N/N=C(\C)c1cccc(C)n1. The van der Waals surface area contributed by atoms with Gasteiger partial charge in [-0.15, -0.1) is 0 Å². The van der Waals surface area contributed by atoms with Crippen LogP contribution in [0.15, 0.2) is 23.3 Å². The lowest BCUT2D eigenvalue weighted by Crippen LogP contribution is -2.32. The molecule has 1 heterocycles. The molecule has 0 aliphatic rings. The molecule has 1 aromatic heterocycles. The molecule has 5 heteroatoms. The molecule has 16 heavy (non-hydrogen) atoms. The minimum absolute atomic E-state index is 0.523. The molecule has 0 fully saturated rings. The third-order valence-electron chi connectivity index (χ3n) is 1.92. The van der Waals surface area contributed by atoms with E-state index in [1.54, 1.807) is 0 Å². The van der Waals surface area contributed by atoms with Crippen LogP contribution in [0.2, 0.25) is 0 Å². The molecule has 0 unspecified atom stereocenters. The molecule has 0 saturated heterocycles. The van der Waals surface area contributed by atoms with Crippen LogP contribution in [0.1, 0.15) is 25.2 Å². The van der Waals surface area contributed by atoms with Crippen molar-refractivity contribution in [3.63, 3.8) is 0 Å². The predicted octanol–water partition coefficient (Wildman–Crippen LogP) is 1.60. The van der Waals surface area contributed by atoms with Crippen molar-refractivity contribution in [3.05, 3.63) is 29.6 Å². The Morgan fingerprint density at radius 3 is 2.88 bits per heavy atom. The molecular weight excluding hydrogens is 220 g/mol. The summed E-state index contributed by atoms with van der Waals surface area (Å²) in [4.78, 5) is 4.36. The zero-order chi connectivity index (χ0) is 12.0. The van der Waals surface area contributed by atoms with E-state index in [0.717, 1.165) is 23.6 Å². The van der Waals surface area contributed by atoms with E-state index < -0.39 is 0 Å². The van der Waals surface area contributed by atoms with E-state index in [0.29, 0.717) is 5.11 Å². The Hall–Kier alpha value is -1.49. The van der Waals surface area contributed by atoms with Crippen molar-refractivity contribution in [2.24, 2.45) is 5.10 Å². The lowest BCUT2D eigenvalue weighted by atomic mass is 10.2. The van der Waals surface area contributed by atoms with E-state index in [2.05, 4.69) is 20.8 Å². The first-order valence-corrected chi connectivity index (χ1v) is 5.56. The van der Waals surface area contributed by atoms with E-state index >= 15 is 0 Å². The smallest absolute Gasteiger partial charge is 0.186 e. The van der Waals surface area contributed by atoms with Gasteiger partial charge >= 0.3 is 0 Å². The van der Waals surface area contributed by atoms with Gasteiger partial charge in [-0.2, -0.15) is 5.10 Å². The van der Waals surface area contributed by atoms with Crippen LogP contribution >= 0.6 is 12.2 Å². The molecule has 0 atom stereocenters. The van der Waals surface area contributed by atoms with E-state index in [1.165, 1.54) is 0 Å². The summed E-state index contributed by atoms with van der Waals surface area (Å²) in [5, 5.41) is 7.63. The summed E-state index contributed by atoms with van der Waals surface area (Å²) >= 11 is 5.00. The monoisotopic (exact) mass is 236 g/mol. The maximum absolute atomic E-state index is 5.00. The van der Waals surface area contributed by atoms with Gasteiger partial charge in [-0.1, -0.05) is 6.07 Å². The largest absolute Gasteiger partial charge is 0.362 e. The van der Waals surface area contributed by atoms with E-state index in [-0.39, 0.29) is 0 Å². The Labute approximate surface area is 101 Å². The number of aryl methyl sites for hydroxylation is 1. The van der Waals surface area contributed by atoms with Gasteiger partial charge in [0.2, 0.25) is 0 Å². The lowest BCUT2D eigenvalue weighted by molar-refractivity contribution is 0.899. The zero-order valence-corrected chi connectivity index (χ0v) is 10.6. The Kier molecular flexibility index (Phi) is 4.85. The number of hydrogen-bond donors (Lipinski definition) is 2. The van der Waals surface area contributed by atoms with Gasteiger partial charge < -0.3 is 5.32 Å². The fourth-order valence-electron chi connectivity index (χ4n) is 1.14. The van der Waals surface area contributed by atoms with E-state index in [1.807, 2.05) is 39.0 Å². The van der Waals surface area contributed by atoms with Crippen molar-refractivity contribution in [3.8, 4) is 0 Å². The Morgan fingerprint density at radius 1 is 1.50 bits per heavy atom. The Balaban J connectivity index is 2.67. The van der Waals surface area contributed by atoms with Crippen LogP contribution < -0.4 is 10.7 Å². The van der Waals surface area contributed by atoms with Gasteiger partial charge in [0.1, 0.15) is 0 Å². The minimum atomic E-state index is 0.523. The van der Waals surface area contributed by atoms with Gasteiger partial charge in [0.25, 0.3) is 0 Å². The van der Waals surface area contributed by atoms with Crippen LogP contribution in [0, 0.1) is 6.92 Å². The summed E-state index contributed by atoms with van der Waals surface area (Å²) in [6, 6.07) is 5.83. The van der Waals surface area contributed by atoms with Crippen LogP contribution in [0.4, 0.5) is 0 Å². The first kappa shape index (κ1) is 12.6. The van der Waals surface area contributed by atoms with Crippen molar-refractivity contribution in [1.29, 1.82) is 0 Å². The molecule has 0 saturated carbocycles. The van der Waals surface area contributed by atoms with Crippen molar-refractivity contribution < 1.29 is 0 Å². The van der Waals surface area contributed by atoms with Gasteiger partial charge in [0.15, 0.2) is 5.11 Å². The van der Waals surface area contributed by atoms with Gasteiger partial charge in [-0.25, -0.2) is 0 Å². The Bertz CT molecular complexity index is 401. The van der Waals surface area contributed by atoms with E-state index in [9.17, 15) is 0 Å². The lowest BCUT2D eigenvalue weighted by Gasteiger charge is -2.05. The van der Waals surface area contributed by atoms with Crippen LogP contribution in [0.3, 0.4) is 0 Å². The molecule has 4 nitrogen and oxygen atoms in total. The fourth-order valence-corrected chi connectivity index (χ4v) is 1.33. The number of rotatable bonds is 3. The third-order valence-corrected chi connectivity index (χ3v) is 2.16. The molecule has 0 spiro atoms. The molecule has 0 aromatic carbocycles. The first-order chi connectivity index (χ1) is 7.63. The highest BCUT2D eigenvalue weighted by Crippen LogP contribution is 1.99. The second-order valence-electron chi connectivity index (χ2n) is 3.33. The topological polar surface area (TPSA) is 49.3 Å². The molecule has 0 aliphatic carbocycles. The van der Waals surface area contributed by atoms with Crippen molar-refractivity contribution in [1.82, 2.24) is 15.7 Å². The van der Waals surface area contributed by atoms with Crippen molar-refractivity contribution >= 4 is 23.0 Å². The molecule has 2 N–H and O–H groups in total. The number of thiocarbonyl (C=S) groups is 1. The van der Waals surface area contributed by atoms with Crippen molar-refractivity contribution in [2.45, 2.75) is 20.8 Å². The number of nitrogens with zero attached hydrogens (tertiary/aromatic N) is 2. The van der Waals surface area contributed by atoms with Gasteiger partial charge in [-0.05, 0) is 45.1 Å². The quantitative estimate of drug-likeness (QED) is 0.475. The average Bonchev–Trinajstić information content (AvgIpc) is 2.26. The summed E-state index contributed by atoms with van der Waals surface area (Å²) in [5.74, 6) is 0. The predicted molar refractivity (Wildman–Crippen MR) is 70.6 cm³/mol. The molecule has 1 rings (SSSR count). The summed E-state index contributed by atoms with van der Waals surface area (Å²) in [6.45, 7) is 6.60. The summed E-state index contributed by atoms with van der Waals surface area (Å²) < 4.78 is 0. The standard InChI is InChI=1S/C11H16N4S/c1-4-12-11(16)15-14-9(3)10-7-5-6-8(2)13-10/h5-7H,4H2,1-3H3,(H2,12,15,16)/b14-9+. The van der Waals surface area contributed by atoms with E-state index in [4.69, 9.17) is 12.2 Å². The number of aromatic nitrogens is 1. The molecule has 0 radical (unpaired) electrons. The fraction of sp³-hybridized carbons (Fsp3) is 0.364. The van der Waals surface area contributed by atoms with Crippen LogP contribution in [-0.4, -0.2) is 22.4 Å². The number of hydrazone groups is 1. The van der Waals surface area contributed by atoms with Gasteiger partial charge in [0.05, 0.1) is 11.4 Å². The van der Waals surface area contributed by atoms with Gasteiger partial charge in [-0.3, -0.25) is 10.4 Å². The summed E-state index contributed by atoms with van der Waals surface area (Å²) in [5.41, 5.74) is 5.41. The maximum Gasteiger partial charge on any atom is 0.186 e. The van der Waals surface area contributed by atoms with Crippen LogP contribution in [0.25, 0.3) is 0 Å². The third kappa shape index (κ3) is 3.94. The number of nitrogens with one attached hydrogen (secondary N) is 2. The second-order valence-corrected chi connectivity index (χ2v) is 3.74. The average molecular weight is 236 g/mol. The summed E-state index contributed by atoms with van der Waals surface area (Å²) in [7, 11) is 0. The first-order valence-electron chi connectivity index (χ1n) is 5.15. The Morgan fingerprint density at radius 2 is 2.25 bits per heavy atom. The van der Waals surface area contributed by atoms with Crippen LogP contribution in [0.5, 0.6) is 0 Å². The van der Waals surface area contributed by atoms with Gasteiger partial charge in [0, 0.05) is 12.2 Å². The minimum Gasteiger partial charge on any atom is -0.362 e. The van der Waals surface area contributed by atoms with Crippen LogP contribution in [-0.2, 0) is 0 Å². The number of pyridine rings is 1. The highest BCUT2D eigenvalue weighted by molar-refractivity contribution is 7.80. The number of hydrogen-bond acceptors (Lipinski definition) is 3. The molecule has 86 valence electrons. The summed E-state index contributed by atoms with van der Waals surface area (Å²) in [6.07, 6.45) is 0. The second kappa shape index (κ2) is 6.17. The normalized spacial score (nSPS) is 11.1. The van der Waals surface area contributed by atoms with Crippen molar-refractivity contribution in [2.75, 3.05) is 6.54 Å². The highest BCUT2D eigenvalue weighted by Gasteiger charge is 1.99. The molecule has 0 amide bonds. The molecule has 1 aromatic rings. The zero-order valence-electron chi connectivity index (χ0n) is 9.74. The molecule has 0 bridgehead atoms. The maximum atomic E-state index is 5.00.